The maximum atomic E-state index is 12.5. The predicted octanol–water partition coefficient (Wildman–Crippen LogP) is 2.88. The van der Waals surface area contributed by atoms with Gasteiger partial charge < -0.3 is 5.11 Å². The highest BCUT2D eigenvalue weighted by molar-refractivity contribution is 5.27. The zero-order chi connectivity index (χ0) is 8.15. The Morgan fingerprint density at radius 3 is 2.40 bits per heavy atom. The van der Waals surface area contributed by atoms with Crippen LogP contribution in [0.3, 0.4) is 0 Å². The summed E-state index contributed by atoms with van der Waals surface area (Å²) in [6.07, 6.45) is 2.69. The summed E-state index contributed by atoms with van der Waals surface area (Å²) in [7, 11) is 0. The van der Waals surface area contributed by atoms with Crippen LogP contribution in [0.4, 0.5) is 4.39 Å². The van der Waals surface area contributed by atoms with E-state index in [9.17, 15) is 4.39 Å². The van der Waals surface area contributed by atoms with Gasteiger partial charge in [-0.05, 0) is 25.5 Å². The van der Waals surface area contributed by atoms with Crippen LogP contribution < -0.4 is 0 Å². The summed E-state index contributed by atoms with van der Waals surface area (Å²) in [6, 6.07) is 0. The number of hydrogen-bond donors (Lipinski definition) is 1. The van der Waals surface area contributed by atoms with Crippen molar-refractivity contribution in [3.8, 4) is 0 Å². The molecule has 0 fully saturated rings. The Bertz CT molecular complexity index is 189. The van der Waals surface area contributed by atoms with Crippen LogP contribution in [0.1, 0.15) is 13.8 Å². The molecule has 56 valence electrons. The first kappa shape index (κ1) is 8.95. The molecule has 0 heterocycles. The lowest BCUT2D eigenvalue weighted by Gasteiger charge is -1.95. The lowest BCUT2D eigenvalue weighted by molar-refractivity contribution is 0.398. The first-order valence-electron chi connectivity index (χ1n) is 2.97. The summed E-state index contributed by atoms with van der Waals surface area (Å²) in [4.78, 5) is 0. The average molecular weight is 142 g/mol. The van der Waals surface area contributed by atoms with Crippen LogP contribution >= 0.6 is 0 Å². The molecule has 0 rings (SSSR count). The molecular formula is C8H11FO. The third-order valence-corrected chi connectivity index (χ3v) is 0.943. The Hall–Kier alpha value is -1.05. The normalized spacial score (nSPS) is 13.5. The fraction of sp³-hybridized carbons (Fsp3) is 0.250. The molecular weight excluding hydrogens is 131 g/mol. The summed E-state index contributed by atoms with van der Waals surface area (Å²) in [5.74, 6) is -1.02. The van der Waals surface area contributed by atoms with Crippen LogP contribution in [0.15, 0.2) is 35.9 Å². The van der Waals surface area contributed by atoms with E-state index in [1.54, 1.807) is 13.8 Å². The summed E-state index contributed by atoms with van der Waals surface area (Å²) < 4.78 is 12.5. The molecule has 0 aliphatic rings. The molecule has 0 aliphatic heterocycles. The van der Waals surface area contributed by atoms with Gasteiger partial charge in [0.15, 0.2) is 11.6 Å². The molecule has 1 nitrogen and oxygen atoms in total. The second kappa shape index (κ2) is 3.88. The van der Waals surface area contributed by atoms with Gasteiger partial charge in [-0.15, -0.1) is 0 Å². The Kier molecular flexibility index (Phi) is 3.47. The van der Waals surface area contributed by atoms with Gasteiger partial charge in [-0.3, -0.25) is 0 Å². The van der Waals surface area contributed by atoms with Crippen molar-refractivity contribution < 1.29 is 9.50 Å². The third-order valence-electron chi connectivity index (χ3n) is 0.943. The summed E-state index contributed by atoms with van der Waals surface area (Å²) in [5.41, 5.74) is 0.329. The van der Waals surface area contributed by atoms with Crippen LogP contribution in [0.2, 0.25) is 0 Å². The fourth-order valence-corrected chi connectivity index (χ4v) is 0.429. The maximum Gasteiger partial charge on any atom is 0.164 e. The van der Waals surface area contributed by atoms with Crippen LogP contribution in [-0.2, 0) is 0 Å². The molecule has 0 unspecified atom stereocenters. The second-order valence-corrected chi connectivity index (χ2v) is 1.98. The average Bonchev–Trinajstić information content (AvgIpc) is 1.87. The highest BCUT2D eigenvalue weighted by Gasteiger charge is 1.99. The number of hydrogen-bond acceptors (Lipinski definition) is 1. The standard InChI is InChI=1S/C8H11FO/c1-4-5-7(9)8(10)6(2)3/h4-5,10H,2H2,1,3H3/b5-4-,8-7-. The molecule has 2 heteroatoms. The first-order chi connectivity index (χ1) is 4.59. The van der Waals surface area contributed by atoms with Crippen molar-refractivity contribution in [2.24, 2.45) is 0 Å². The third kappa shape index (κ3) is 2.49. The number of halogens is 1. The number of aliphatic hydroxyl groups excluding tert-OH is 1. The van der Waals surface area contributed by atoms with Gasteiger partial charge in [0, 0.05) is 0 Å². The Morgan fingerprint density at radius 2 is 2.10 bits per heavy atom. The van der Waals surface area contributed by atoms with Crippen molar-refractivity contribution >= 4 is 0 Å². The van der Waals surface area contributed by atoms with Gasteiger partial charge in [0.05, 0.1) is 0 Å². The maximum absolute atomic E-state index is 12.5. The number of rotatable bonds is 2. The summed E-state index contributed by atoms with van der Waals surface area (Å²) in [6.45, 7) is 6.59. The molecule has 0 amide bonds. The van der Waals surface area contributed by atoms with E-state index in [0.29, 0.717) is 5.57 Å². The predicted molar refractivity (Wildman–Crippen MR) is 40.4 cm³/mol. The lowest BCUT2D eigenvalue weighted by atomic mass is 10.2. The van der Waals surface area contributed by atoms with E-state index in [1.807, 2.05) is 0 Å². The van der Waals surface area contributed by atoms with E-state index in [2.05, 4.69) is 6.58 Å². The molecule has 0 bridgehead atoms. The van der Waals surface area contributed by atoms with Crippen LogP contribution in [0.25, 0.3) is 0 Å². The van der Waals surface area contributed by atoms with Crippen molar-refractivity contribution in [1.82, 2.24) is 0 Å². The number of allylic oxidation sites excluding steroid dienone is 4. The van der Waals surface area contributed by atoms with Gasteiger partial charge in [0.1, 0.15) is 0 Å². The SMILES string of the molecule is C=C(C)/C(O)=C(F)\C=C/C. The monoisotopic (exact) mass is 142 g/mol. The molecule has 0 saturated carbocycles. The van der Waals surface area contributed by atoms with E-state index in [0.717, 1.165) is 0 Å². The summed E-state index contributed by atoms with van der Waals surface area (Å²) in [5, 5.41) is 8.88. The van der Waals surface area contributed by atoms with E-state index in [1.165, 1.54) is 12.2 Å². The van der Waals surface area contributed by atoms with Gasteiger partial charge in [-0.25, -0.2) is 4.39 Å². The molecule has 0 saturated heterocycles. The molecule has 0 aromatic rings. The smallest absolute Gasteiger partial charge is 0.164 e. The Balaban J connectivity index is 4.50. The van der Waals surface area contributed by atoms with E-state index >= 15 is 0 Å². The second-order valence-electron chi connectivity index (χ2n) is 1.98. The largest absolute Gasteiger partial charge is 0.505 e. The van der Waals surface area contributed by atoms with Gasteiger partial charge >= 0.3 is 0 Å². The molecule has 0 radical (unpaired) electrons. The van der Waals surface area contributed by atoms with Crippen molar-refractivity contribution in [2.45, 2.75) is 13.8 Å². The topological polar surface area (TPSA) is 20.2 Å². The number of aliphatic hydroxyl groups is 1. The minimum absolute atomic E-state index is 0.329. The fourth-order valence-electron chi connectivity index (χ4n) is 0.429. The molecule has 10 heavy (non-hydrogen) atoms. The van der Waals surface area contributed by atoms with E-state index < -0.39 is 5.83 Å². The van der Waals surface area contributed by atoms with Crippen LogP contribution in [0.5, 0.6) is 0 Å². The molecule has 0 aliphatic carbocycles. The van der Waals surface area contributed by atoms with Gasteiger partial charge in [-0.2, -0.15) is 0 Å². The molecule has 0 spiro atoms. The van der Waals surface area contributed by atoms with Gasteiger partial charge in [-0.1, -0.05) is 12.7 Å². The van der Waals surface area contributed by atoms with Crippen LogP contribution in [0, 0.1) is 0 Å². The lowest BCUT2D eigenvalue weighted by Crippen LogP contribution is -1.83. The zero-order valence-electron chi connectivity index (χ0n) is 6.19. The van der Waals surface area contributed by atoms with E-state index in [-0.39, 0.29) is 5.76 Å². The van der Waals surface area contributed by atoms with Crippen molar-refractivity contribution in [1.29, 1.82) is 0 Å². The molecule has 0 aromatic carbocycles. The van der Waals surface area contributed by atoms with Crippen molar-refractivity contribution in [3.63, 3.8) is 0 Å². The van der Waals surface area contributed by atoms with Gasteiger partial charge in [0.2, 0.25) is 0 Å². The minimum Gasteiger partial charge on any atom is -0.505 e. The van der Waals surface area contributed by atoms with Crippen molar-refractivity contribution in [3.05, 3.63) is 35.9 Å². The Labute approximate surface area is 60.2 Å². The Morgan fingerprint density at radius 1 is 1.60 bits per heavy atom. The first-order valence-corrected chi connectivity index (χ1v) is 2.97. The highest BCUT2D eigenvalue weighted by Crippen LogP contribution is 2.11. The zero-order valence-corrected chi connectivity index (χ0v) is 6.19. The molecule has 0 aromatic heterocycles. The quantitative estimate of drug-likeness (QED) is 0.464. The van der Waals surface area contributed by atoms with Crippen LogP contribution in [-0.4, -0.2) is 5.11 Å². The summed E-state index contributed by atoms with van der Waals surface area (Å²) >= 11 is 0. The van der Waals surface area contributed by atoms with Crippen molar-refractivity contribution in [2.75, 3.05) is 0 Å². The van der Waals surface area contributed by atoms with Gasteiger partial charge in [0.25, 0.3) is 0 Å². The minimum atomic E-state index is -0.644. The van der Waals surface area contributed by atoms with E-state index in [4.69, 9.17) is 5.11 Å². The molecule has 1 N–H and O–H groups in total. The molecule has 0 atom stereocenters. The highest BCUT2D eigenvalue weighted by atomic mass is 19.1.